The molecule has 2 aromatic rings. The molecule has 0 fully saturated rings. The van der Waals surface area contributed by atoms with Crippen LogP contribution in [-0.4, -0.2) is 23.0 Å². The predicted molar refractivity (Wildman–Crippen MR) is 78.2 cm³/mol. The topological polar surface area (TPSA) is 63.9 Å². The Morgan fingerprint density at radius 3 is 2.86 bits per heavy atom. The number of benzene rings is 1. The SMILES string of the molecule is COc1cccc(COc2cccc3c2CCC3=NO)n1. The molecular formula is C16H16N2O3. The van der Waals surface area contributed by atoms with E-state index in [1.165, 1.54) is 0 Å². The number of pyridine rings is 1. The lowest BCUT2D eigenvalue weighted by atomic mass is 10.1. The summed E-state index contributed by atoms with van der Waals surface area (Å²) in [6.07, 6.45) is 1.57. The summed E-state index contributed by atoms with van der Waals surface area (Å²) in [5.74, 6) is 1.39. The van der Waals surface area contributed by atoms with Crippen molar-refractivity contribution in [3.8, 4) is 11.6 Å². The first-order chi connectivity index (χ1) is 10.3. The second-order valence-corrected chi connectivity index (χ2v) is 4.79. The Morgan fingerprint density at radius 2 is 2.05 bits per heavy atom. The van der Waals surface area contributed by atoms with Gasteiger partial charge in [-0.2, -0.15) is 0 Å². The Bertz CT molecular complexity index is 683. The van der Waals surface area contributed by atoms with Crippen LogP contribution in [0.5, 0.6) is 11.6 Å². The number of hydrogen-bond acceptors (Lipinski definition) is 5. The van der Waals surface area contributed by atoms with Crippen LogP contribution in [0.25, 0.3) is 0 Å². The minimum Gasteiger partial charge on any atom is -0.487 e. The van der Waals surface area contributed by atoms with E-state index in [1.807, 2.05) is 30.3 Å². The molecule has 1 N–H and O–H groups in total. The highest BCUT2D eigenvalue weighted by molar-refractivity contribution is 6.04. The van der Waals surface area contributed by atoms with Crippen molar-refractivity contribution in [1.29, 1.82) is 0 Å². The van der Waals surface area contributed by atoms with Gasteiger partial charge in [-0.15, -0.1) is 0 Å². The lowest BCUT2D eigenvalue weighted by Crippen LogP contribution is -2.02. The maximum absolute atomic E-state index is 8.99. The van der Waals surface area contributed by atoms with Crippen LogP contribution in [0.4, 0.5) is 0 Å². The van der Waals surface area contributed by atoms with Gasteiger partial charge in [0.1, 0.15) is 12.4 Å². The molecular weight excluding hydrogens is 268 g/mol. The van der Waals surface area contributed by atoms with Gasteiger partial charge in [-0.3, -0.25) is 0 Å². The molecule has 21 heavy (non-hydrogen) atoms. The van der Waals surface area contributed by atoms with Crippen molar-refractivity contribution in [1.82, 2.24) is 4.98 Å². The van der Waals surface area contributed by atoms with Crippen LogP contribution in [0.2, 0.25) is 0 Å². The lowest BCUT2D eigenvalue weighted by molar-refractivity contribution is 0.295. The van der Waals surface area contributed by atoms with Gasteiger partial charge in [0, 0.05) is 17.2 Å². The Morgan fingerprint density at radius 1 is 1.19 bits per heavy atom. The van der Waals surface area contributed by atoms with E-state index >= 15 is 0 Å². The molecule has 0 bridgehead atoms. The maximum atomic E-state index is 8.99. The van der Waals surface area contributed by atoms with Crippen molar-refractivity contribution in [3.63, 3.8) is 0 Å². The second kappa shape index (κ2) is 5.83. The normalized spacial score (nSPS) is 15.0. The van der Waals surface area contributed by atoms with E-state index in [9.17, 15) is 0 Å². The van der Waals surface area contributed by atoms with E-state index in [4.69, 9.17) is 14.7 Å². The van der Waals surface area contributed by atoms with Crippen LogP contribution in [0.1, 0.15) is 23.2 Å². The van der Waals surface area contributed by atoms with E-state index in [2.05, 4.69) is 10.1 Å². The van der Waals surface area contributed by atoms with Crippen LogP contribution in [0, 0.1) is 0 Å². The van der Waals surface area contributed by atoms with Crippen molar-refractivity contribution >= 4 is 5.71 Å². The average Bonchev–Trinajstić information content (AvgIpc) is 2.96. The second-order valence-electron chi connectivity index (χ2n) is 4.79. The first kappa shape index (κ1) is 13.4. The van der Waals surface area contributed by atoms with Gasteiger partial charge < -0.3 is 14.7 Å². The molecule has 0 unspecified atom stereocenters. The highest BCUT2D eigenvalue weighted by Gasteiger charge is 2.21. The van der Waals surface area contributed by atoms with E-state index < -0.39 is 0 Å². The summed E-state index contributed by atoms with van der Waals surface area (Å²) >= 11 is 0. The minimum absolute atomic E-state index is 0.374. The first-order valence-electron chi connectivity index (χ1n) is 6.77. The number of rotatable bonds is 4. The number of methoxy groups -OCH3 is 1. The highest BCUT2D eigenvalue weighted by Crippen LogP contribution is 2.31. The molecule has 0 saturated carbocycles. The van der Waals surface area contributed by atoms with Crippen molar-refractivity contribution in [2.75, 3.05) is 7.11 Å². The summed E-state index contributed by atoms with van der Waals surface area (Å²) < 4.78 is 11.0. The summed E-state index contributed by atoms with van der Waals surface area (Å²) in [6.45, 7) is 0.374. The molecule has 3 rings (SSSR count). The molecule has 1 aliphatic carbocycles. The molecule has 5 nitrogen and oxygen atoms in total. The Kier molecular flexibility index (Phi) is 3.73. The highest BCUT2D eigenvalue weighted by atomic mass is 16.5. The van der Waals surface area contributed by atoms with Crippen LogP contribution in [-0.2, 0) is 13.0 Å². The smallest absolute Gasteiger partial charge is 0.213 e. The fraction of sp³-hybridized carbons (Fsp3) is 0.250. The van der Waals surface area contributed by atoms with Crippen molar-refractivity contribution in [2.45, 2.75) is 19.4 Å². The number of ether oxygens (including phenoxy) is 2. The van der Waals surface area contributed by atoms with Gasteiger partial charge >= 0.3 is 0 Å². The Labute approximate surface area is 122 Å². The molecule has 1 heterocycles. The molecule has 1 aromatic carbocycles. The zero-order chi connectivity index (χ0) is 14.7. The van der Waals surface area contributed by atoms with Gasteiger partial charge in [0.25, 0.3) is 0 Å². The van der Waals surface area contributed by atoms with Crippen LogP contribution in [0.3, 0.4) is 0 Å². The number of fused-ring (bicyclic) bond motifs is 1. The number of nitrogens with zero attached hydrogens (tertiary/aromatic N) is 2. The summed E-state index contributed by atoms with van der Waals surface area (Å²) in [4.78, 5) is 4.32. The van der Waals surface area contributed by atoms with Crippen LogP contribution < -0.4 is 9.47 Å². The largest absolute Gasteiger partial charge is 0.487 e. The molecule has 0 amide bonds. The maximum Gasteiger partial charge on any atom is 0.213 e. The van der Waals surface area contributed by atoms with E-state index in [0.717, 1.165) is 41.1 Å². The zero-order valence-corrected chi connectivity index (χ0v) is 11.7. The van der Waals surface area contributed by atoms with Gasteiger partial charge in [-0.05, 0) is 25.0 Å². The molecule has 0 radical (unpaired) electrons. The lowest BCUT2D eigenvalue weighted by Gasteiger charge is -2.10. The summed E-state index contributed by atoms with van der Waals surface area (Å²) in [7, 11) is 1.59. The third kappa shape index (κ3) is 2.67. The summed E-state index contributed by atoms with van der Waals surface area (Å²) in [5.41, 5.74) is 3.58. The van der Waals surface area contributed by atoms with Crippen molar-refractivity contribution in [3.05, 3.63) is 53.2 Å². The van der Waals surface area contributed by atoms with Crippen LogP contribution >= 0.6 is 0 Å². The third-order valence-electron chi connectivity index (χ3n) is 3.54. The average molecular weight is 284 g/mol. The fourth-order valence-corrected chi connectivity index (χ4v) is 2.51. The Hall–Kier alpha value is -2.56. The quantitative estimate of drug-likeness (QED) is 0.692. The molecule has 0 atom stereocenters. The van der Waals surface area contributed by atoms with Crippen molar-refractivity contribution in [2.24, 2.45) is 5.16 Å². The third-order valence-corrected chi connectivity index (χ3v) is 3.54. The van der Waals surface area contributed by atoms with Gasteiger partial charge in [0.15, 0.2) is 0 Å². The fourth-order valence-electron chi connectivity index (χ4n) is 2.51. The molecule has 1 aliphatic rings. The van der Waals surface area contributed by atoms with E-state index in [-0.39, 0.29) is 0 Å². The number of hydrogen-bond donors (Lipinski definition) is 1. The van der Waals surface area contributed by atoms with Crippen molar-refractivity contribution < 1.29 is 14.7 Å². The van der Waals surface area contributed by atoms with Gasteiger partial charge in [0.05, 0.1) is 18.5 Å². The minimum atomic E-state index is 0.374. The molecule has 108 valence electrons. The summed E-state index contributed by atoms with van der Waals surface area (Å²) in [6, 6.07) is 11.4. The first-order valence-corrected chi connectivity index (χ1v) is 6.77. The number of aromatic nitrogens is 1. The molecule has 0 spiro atoms. The monoisotopic (exact) mass is 284 g/mol. The van der Waals surface area contributed by atoms with E-state index in [0.29, 0.717) is 12.5 Å². The molecule has 0 saturated heterocycles. The zero-order valence-electron chi connectivity index (χ0n) is 11.7. The Balaban J connectivity index is 1.79. The molecule has 5 heteroatoms. The number of oxime groups is 1. The summed E-state index contributed by atoms with van der Waals surface area (Å²) in [5, 5.41) is 12.3. The van der Waals surface area contributed by atoms with Gasteiger partial charge in [-0.25, -0.2) is 4.98 Å². The van der Waals surface area contributed by atoms with Gasteiger partial charge in [-0.1, -0.05) is 23.4 Å². The van der Waals surface area contributed by atoms with E-state index in [1.54, 1.807) is 13.2 Å². The van der Waals surface area contributed by atoms with Crippen LogP contribution in [0.15, 0.2) is 41.6 Å². The molecule has 1 aromatic heterocycles. The predicted octanol–water partition coefficient (Wildman–Crippen LogP) is 2.79. The van der Waals surface area contributed by atoms with Gasteiger partial charge in [0.2, 0.25) is 5.88 Å². The standard InChI is InChI=1S/C16H16N2O3/c1-20-16-7-2-4-11(17-16)10-21-15-6-3-5-12-13(15)8-9-14(12)18-19/h2-7,19H,8-10H2,1H3. The molecule has 0 aliphatic heterocycles.